The molecule has 0 fully saturated rings. The number of hydrogen-bond donors (Lipinski definition) is 2. The number of carboxylic acid groups (broad SMARTS) is 1. The van der Waals surface area contributed by atoms with Gasteiger partial charge in [-0.15, -0.1) is 0 Å². The van der Waals surface area contributed by atoms with E-state index in [9.17, 15) is 14.7 Å². The molecular formula is C24H30N2O7. The van der Waals surface area contributed by atoms with Gasteiger partial charge in [-0.1, -0.05) is 0 Å². The van der Waals surface area contributed by atoms with Crippen LogP contribution in [0, 0.1) is 0 Å². The molecule has 33 heavy (non-hydrogen) atoms. The summed E-state index contributed by atoms with van der Waals surface area (Å²) in [5, 5.41) is 12.4. The van der Waals surface area contributed by atoms with Gasteiger partial charge in [0.2, 0.25) is 0 Å². The fraction of sp³-hybridized carbons (Fsp3) is 0.417. The molecule has 9 nitrogen and oxygen atoms in total. The Morgan fingerprint density at radius 1 is 1.00 bits per heavy atom. The largest absolute Gasteiger partial charge is 0.497 e. The first kappa shape index (κ1) is 24.0. The number of amides is 2. The molecule has 0 bridgehead atoms. The van der Waals surface area contributed by atoms with Crippen LogP contribution in [0.2, 0.25) is 0 Å². The Hall–Kier alpha value is -3.62. The van der Waals surface area contributed by atoms with Gasteiger partial charge in [0.05, 0.1) is 39.9 Å². The van der Waals surface area contributed by atoms with Crippen molar-refractivity contribution in [2.75, 3.05) is 39.3 Å². The smallest absolute Gasteiger partial charge is 0.322 e. The molecule has 2 amide bonds. The van der Waals surface area contributed by atoms with E-state index in [-0.39, 0.29) is 6.42 Å². The summed E-state index contributed by atoms with van der Waals surface area (Å²) in [7, 11) is 3.05. The van der Waals surface area contributed by atoms with E-state index in [0.717, 1.165) is 11.1 Å². The number of carbonyl (C=O) groups is 2. The molecule has 178 valence electrons. The van der Waals surface area contributed by atoms with E-state index in [1.54, 1.807) is 29.2 Å². The van der Waals surface area contributed by atoms with Crippen molar-refractivity contribution < 1.29 is 33.6 Å². The molecule has 0 unspecified atom stereocenters. The number of carbonyl (C=O) groups excluding carboxylic acids is 1. The molecule has 1 aliphatic rings. The van der Waals surface area contributed by atoms with E-state index in [1.165, 1.54) is 14.2 Å². The van der Waals surface area contributed by atoms with E-state index in [4.69, 9.17) is 18.9 Å². The minimum Gasteiger partial charge on any atom is -0.497 e. The summed E-state index contributed by atoms with van der Waals surface area (Å²) in [5.74, 6) is 1.21. The Bertz CT molecular complexity index is 986. The Kier molecular flexibility index (Phi) is 7.87. The summed E-state index contributed by atoms with van der Waals surface area (Å²) >= 11 is 0. The molecule has 2 aromatic carbocycles. The van der Waals surface area contributed by atoms with Gasteiger partial charge in [0.25, 0.3) is 0 Å². The molecule has 9 heteroatoms. The van der Waals surface area contributed by atoms with Crippen LogP contribution in [-0.4, -0.2) is 56.0 Å². The van der Waals surface area contributed by atoms with Gasteiger partial charge < -0.3 is 34.3 Å². The van der Waals surface area contributed by atoms with Gasteiger partial charge in [0.1, 0.15) is 11.5 Å². The van der Waals surface area contributed by atoms with Crippen LogP contribution in [0.25, 0.3) is 0 Å². The van der Waals surface area contributed by atoms with Crippen molar-refractivity contribution in [1.82, 2.24) is 4.90 Å². The van der Waals surface area contributed by atoms with Crippen molar-refractivity contribution in [2.45, 2.75) is 32.7 Å². The van der Waals surface area contributed by atoms with E-state index in [1.807, 2.05) is 19.9 Å². The first-order chi connectivity index (χ1) is 15.9. The van der Waals surface area contributed by atoms with E-state index < -0.39 is 18.0 Å². The molecule has 0 aromatic heterocycles. The maximum atomic E-state index is 13.2. The van der Waals surface area contributed by atoms with E-state index >= 15 is 0 Å². The van der Waals surface area contributed by atoms with Crippen LogP contribution in [0.15, 0.2) is 30.3 Å². The van der Waals surface area contributed by atoms with Gasteiger partial charge in [-0.2, -0.15) is 0 Å². The number of benzene rings is 2. The highest BCUT2D eigenvalue weighted by Crippen LogP contribution is 2.40. The van der Waals surface area contributed by atoms with Crippen LogP contribution < -0.4 is 24.3 Å². The topological polar surface area (TPSA) is 107 Å². The molecule has 1 aliphatic heterocycles. The summed E-state index contributed by atoms with van der Waals surface area (Å²) in [6.07, 6.45) is 0.328. The SMILES string of the molecule is CCOc1cc2c(cc1OCC)[C@@H](CC(=O)O)N(C(=O)Nc1cc(OC)cc(OC)c1)CC2. The molecule has 3 rings (SSSR count). The lowest BCUT2D eigenvalue weighted by molar-refractivity contribution is -0.138. The maximum absolute atomic E-state index is 13.2. The normalized spacial score (nSPS) is 14.8. The lowest BCUT2D eigenvalue weighted by atomic mass is 9.90. The monoisotopic (exact) mass is 458 g/mol. The quantitative estimate of drug-likeness (QED) is 0.582. The predicted octanol–water partition coefficient (Wildman–Crippen LogP) is 4.11. The van der Waals surface area contributed by atoms with Gasteiger partial charge in [0.15, 0.2) is 11.5 Å². The second-order valence-corrected chi connectivity index (χ2v) is 7.45. The molecule has 1 atom stereocenters. The number of urea groups is 1. The molecule has 1 heterocycles. The van der Waals surface area contributed by atoms with Crippen molar-refractivity contribution in [3.63, 3.8) is 0 Å². The standard InChI is InChI=1S/C24H30N2O7/c1-5-32-21-9-15-7-8-26(20(14-23(27)28)19(15)13-22(21)33-6-2)24(29)25-16-10-17(30-3)12-18(11-16)31-4/h9-13,20H,5-8,14H2,1-4H3,(H,25,29)(H,27,28)/t20-/m1/s1. The molecular weight excluding hydrogens is 428 g/mol. The first-order valence-corrected chi connectivity index (χ1v) is 10.8. The zero-order chi connectivity index (χ0) is 24.0. The van der Waals surface area contributed by atoms with E-state index in [0.29, 0.717) is 54.9 Å². The van der Waals surface area contributed by atoms with Crippen LogP contribution in [0.4, 0.5) is 10.5 Å². The fourth-order valence-electron chi connectivity index (χ4n) is 3.95. The summed E-state index contributed by atoms with van der Waals surface area (Å²) in [4.78, 5) is 26.5. The van der Waals surface area contributed by atoms with Crippen molar-refractivity contribution in [2.24, 2.45) is 0 Å². The number of nitrogens with zero attached hydrogens (tertiary/aromatic N) is 1. The molecule has 0 radical (unpaired) electrons. The summed E-state index contributed by atoms with van der Waals surface area (Å²) in [6, 6.07) is 7.66. The summed E-state index contributed by atoms with van der Waals surface area (Å²) in [6.45, 7) is 5.03. The number of rotatable bonds is 9. The van der Waals surface area contributed by atoms with Gasteiger partial charge in [-0.3, -0.25) is 4.79 Å². The zero-order valence-corrected chi connectivity index (χ0v) is 19.3. The molecule has 2 aromatic rings. The molecule has 0 aliphatic carbocycles. The third-order valence-corrected chi connectivity index (χ3v) is 5.39. The van der Waals surface area contributed by atoms with Crippen molar-refractivity contribution in [1.29, 1.82) is 0 Å². The lowest BCUT2D eigenvalue weighted by Gasteiger charge is -2.37. The lowest BCUT2D eigenvalue weighted by Crippen LogP contribution is -2.43. The maximum Gasteiger partial charge on any atom is 0.322 e. The van der Waals surface area contributed by atoms with Crippen LogP contribution in [0.1, 0.15) is 37.4 Å². The van der Waals surface area contributed by atoms with Gasteiger partial charge >= 0.3 is 12.0 Å². The highest BCUT2D eigenvalue weighted by Gasteiger charge is 2.34. The minimum absolute atomic E-state index is 0.235. The van der Waals surface area contributed by atoms with E-state index in [2.05, 4.69) is 5.32 Å². The number of methoxy groups -OCH3 is 2. The third kappa shape index (κ3) is 5.60. The Morgan fingerprint density at radius 3 is 2.15 bits per heavy atom. The Labute approximate surface area is 193 Å². The Morgan fingerprint density at radius 2 is 1.61 bits per heavy atom. The Balaban J connectivity index is 1.94. The van der Waals surface area contributed by atoms with Gasteiger partial charge in [-0.25, -0.2) is 4.79 Å². The van der Waals surface area contributed by atoms with Gasteiger partial charge in [0, 0.05) is 30.4 Å². The van der Waals surface area contributed by atoms with Crippen LogP contribution in [0.5, 0.6) is 23.0 Å². The van der Waals surface area contributed by atoms with Crippen LogP contribution in [0.3, 0.4) is 0 Å². The first-order valence-electron chi connectivity index (χ1n) is 10.8. The molecule has 0 saturated carbocycles. The number of carboxylic acids is 1. The second kappa shape index (κ2) is 10.8. The van der Waals surface area contributed by atoms with Crippen LogP contribution >= 0.6 is 0 Å². The minimum atomic E-state index is -0.999. The second-order valence-electron chi connectivity index (χ2n) is 7.45. The average Bonchev–Trinajstić information content (AvgIpc) is 2.79. The summed E-state index contributed by atoms with van der Waals surface area (Å²) < 4.78 is 22.0. The number of aliphatic carboxylic acids is 1. The van der Waals surface area contributed by atoms with Crippen molar-refractivity contribution in [3.05, 3.63) is 41.5 Å². The average molecular weight is 459 g/mol. The fourth-order valence-corrected chi connectivity index (χ4v) is 3.95. The number of ether oxygens (including phenoxy) is 4. The predicted molar refractivity (Wildman–Crippen MR) is 123 cm³/mol. The van der Waals surface area contributed by atoms with Gasteiger partial charge in [-0.05, 0) is 43.5 Å². The van der Waals surface area contributed by atoms with Crippen molar-refractivity contribution in [3.8, 4) is 23.0 Å². The zero-order valence-electron chi connectivity index (χ0n) is 19.3. The third-order valence-electron chi connectivity index (χ3n) is 5.39. The molecule has 2 N–H and O–H groups in total. The van der Waals surface area contributed by atoms with Crippen molar-refractivity contribution >= 4 is 17.7 Å². The van der Waals surface area contributed by atoms with Crippen LogP contribution in [-0.2, 0) is 11.2 Å². The number of fused-ring (bicyclic) bond motifs is 1. The number of anilines is 1. The highest BCUT2D eigenvalue weighted by atomic mass is 16.5. The summed E-state index contributed by atoms with van der Waals surface area (Å²) in [5.41, 5.74) is 2.17. The number of hydrogen-bond acceptors (Lipinski definition) is 6. The number of nitrogens with one attached hydrogen (secondary N) is 1. The highest BCUT2D eigenvalue weighted by molar-refractivity contribution is 5.90. The molecule has 0 saturated heterocycles. The molecule has 0 spiro atoms.